The maximum atomic E-state index is 14.1. The van der Waals surface area contributed by atoms with Gasteiger partial charge in [0.2, 0.25) is 0 Å². The smallest absolute Gasteiger partial charge is 0.150 e. The molecule has 118 valence electrons. The fourth-order valence-electron chi connectivity index (χ4n) is 3.15. The minimum Gasteiger partial charge on any atom is -0.485 e. The molecule has 1 aromatic heterocycles. The fourth-order valence-corrected chi connectivity index (χ4v) is 3.15. The number of hydrogen-bond acceptors (Lipinski definition) is 2. The van der Waals surface area contributed by atoms with Gasteiger partial charge in [0, 0.05) is 35.1 Å². The second-order valence-electron chi connectivity index (χ2n) is 5.55. The van der Waals surface area contributed by atoms with E-state index in [2.05, 4.69) is 4.98 Å². The zero-order valence-electron chi connectivity index (χ0n) is 12.0. The summed E-state index contributed by atoms with van der Waals surface area (Å²) in [6, 6.07) is 6.25. The Bertz CT molecular complexity index is 920. The largest absolute Gasteiger partial charge is 0.485 e. The number of aromatic amines is 1. The first kappa shape index (κ1) is 14.1. The Balaban J connectivity index is 2.05. The van der Waals surface area contributed by atoms with Crippen LogP contribution < -0.4 is 10.5 Å². The quantitative estimate of drug-likeness (QED) is 0.749. The van der Waals surface area contributed by atoms with E-state index in [-0.39, 0.29) is 5.52 Å². The average Bonchev–Trinajstić information content (AvgIpc) is 2.87. The summed E-state index contributed by atoms with van der Waals surface area (Å²) in [5.41, 5.74) is 7.72. The molecular weight excluding hydrogens is 305 g/mol. The summed E-state index contributed by atoms with van der Waals surface area (Å²) < 4.78 is 47.0. The zero-order chi connectivity index (χ0) is 16.1. The molecular formula is C17H13F3N2O. The average molecular weight is 318 g/mol. The molecule has 6 heteroatoms. The van der Waals surface area contributed by atoms with Crippen molar-refractivity contribution in [1.82, 2.24) is 4.98 Å². The number of hydrogen-bond donors (Lipinski definition) is 2. The van der Waals surface area contributed by atoms with Crippen LogP contribution in [0.1, 0.15) is 18.1 Å². The van der Waals surface area contributed by atoms with Gasteiger partial charge in [-0.1, -0.05) is 0 Å². The molecule has 0 radical (unpaired) electrons. The van der Waals surface area contributed by atoms with E-state index >= 15 is 0 Å². The van der Waals surface area contributed by atoms with E-state index < -0.39 is 23.6 Å². The molecule has 0 saturated carbocycles. The summed E-state index contributed by atoms with van der Waals surface area (Å²) in [6.45, 7) is 0.333. The van der Waals surface area contributed by atoms with Crippen LogP contribution in [-0.2, 0) is 0 Å². The number of rotatable bonds is 2. The third-order valence-corrected chi connectivity index (χ3v) is 4.10. The van der Waals surface area contributed by atoms with Gasteiger partial charge in [0.05, 0.1) is 11.2 Å². The lowest BCUT2D eigenvalue weighted by atomic mass is 9.95. The molecule has 3 aromatic rings. The molecule has 1 aliphatic rings. The molecule has 0 spiro atoms. The van der Waals surface area contributed by atoms with Crippen LogP contribution in [0.2, 0.25) is 0 Å². The minimum absolute atomic E-state index is 0.208. The second kappa shape index (κ2) is 5.03. The monoisotopic (exact) mass is 318 g/mol. The molecule has 1 aliphatic heterocycles. The van der Waals surface area contributed by atoms with Crippen molar-refractivity contribution in [3.05, 3.63) is 53.3 Å². The number of nitrogens with two attached hydrogens (primary N) is 1. The predicted molar refractivity (Wildman–Crippen MR) is 80.6 cm³/mol. The highest BCUT2D eigenvalue weighted by Gasteiger charge is 2.30. The number of benzene rings is 2. The van der Waals surface area contributed by atoms with Crippen LogP contribution >= 0.6 is 0 Å². The van der Waals surface area contributed by atoms with Crippen LogP contribution in [0.5, 0.6) is 5.75 Å². The summed E-state index contributed by atoms with van der Waals surface area (Å²) in [7, 11) is 0. The van der Waals surface area contributed by atoms with Crippen LogP contribution in [0.25, 0.3) is 22.2 Å². The summed E-state index contributed by atoms with van der Waals surface area (Å²) in [5, 5.41) is 0.422. The number of fused-ring (bicyclic) bond motifs is 5. The summed E-state index contributed by atoms with van der Waals surface area (Å²) in [5.74, 6) is -1.40. The van der Waals surface area contributed by atoms with Crippen LogP contribution in [0.15, 0.2) is 30.3 Å². The van der Waals surface area contributed by atoms with E-state index in [9.17, 15) is 13.2 Å². The molecule has 4 rings (SSSR count). The maximum Gasteiger partial charge on any atom is 0.150 e. The molecule has 0 bridgehead atoms. The minimum atomic E-state index is -0.676. The first-order valence-electron chi connectivity index (χ1n) is 7.25. The van der Waals surface area contributed by atoms with Crippen molar-refractivity contribution in [3.63, 3.8) is 0 Å². The van der Waals surface area contributed by atoms with E-state index in [1.807, 2.05) is 0 Å². The molecule has 3 N–H and O–H groups in total. The third kappa shape index (κ3) is 2.09. The van der Waals surface area contributed by atoms with E-state index in [1.165, 1.54) is 18.2 Å². The number of H-pyrrole nitrogens is 1. The lowest BCUT2D eigenvalue weighted by molar-refractivity contribution is 0.195. The molecule has 0 aliphatic carbocycles. The van der Waals surface area contributed by atoms with Crippen molar-refractivity contribution in [2.45, 2.75) is 12.5 Å². The van der Waals surface area contributed by atoms with Gasteiger partial charge in [0.25, 0.3) is 0 Å². The van der Waals surface area contributed by atoms with Gasteiger partial charge >= 0.3 is 0 Å². The Hall–Kier alpha value is -2.47. The lowest BCUT2D eigenvalue weighted by Crippen LogP contribution is -2.17. The van der Waals surface area contributed by atoms with Crippen molar-refractivity contribution in [2.24, 2.45) is 5.73 Å². The van der Waals surface area contributed by atoms with E-state index in [1.54, 1.807) is 6.07 Å². The Labute approximate surface area is 129 Å². The third-order valence-electron chi connectivity index (χ3n) is 4.10. The number of ether oxygens (including phenoxy) is 1. The van der Waals surface area contributed by atoms with Gasteiger partial charge in [-0.05, 0) is 24.7 Å². The number of nitrogens with one attached hydrogen (secondary N) is 1. The van der Waals surface area contributed by atoms with E-state index in [4.69, 9.17) is 10.5 Å². The van der Waals surface area contributed by atoms with Gasteiger partial charge in [0.15, 0.2) is 0 Å². The molecule has 2 aromatic carbocycles. The standard InChI is InChI=1S/C17H13F3N2O/c18-8-1-2-10-14(7-8)23-13(3-4-21)15-11-5-9(19)6-12(20)16(11)22-17(10)15/h1-2,5-7,13,22H,3-4,21H2/t13-/m1/s1. The van der Waals surface area contributed by atoms with Crippen LogP contribution in [0.4, 0.5) is 13.2 Å². The van der Waals surface area contributed by atoms with Gasteiger partial charge in [-0.15, -0.1) is 0 Å². The molecule has 1 atom stereocenters. The highest BCUT2D eigenvalue weighted by atomic mass is 19.1. The number of halogens is 3. The van der Waals surface area contributed by atoms with Crippen molar-refractivity contribution >= 4 is 10.9 Å². The molecule has 2 heterocycles. The van der Waals surface area contributed by atoms with Crippen LogP contribution in [0.3, 0.4) is 0 Å². The second-order valence-corrected chi connectivity index (χ2v) is 5.55. The number of aromatic nitrogens is 1. The zero-order valence-corrected chi connectivity index (χ0v) is 12.0. The van der Waals surface area contributed by atoms with Crippen LogP contribution in [0, 0.1) is 17.5 Å². The van der Waals surface area contributed by atoms with Gasteiger partial charge in [-0.3, -0.25) is 0 Å². The highest BCUT2D eigenvalue weighted by molar-refractivity contribution is 5.93. The van der Waals surface area contributed by atoms with Gasteiger partial charge in [-0.25, -0.2) is 13.2 Å². The molecule has 0 saturated heterocycles. The van der Waals surface area contributed by atoms with Crippen molar-refractivity contribution < 1.29 is 17.9 Å². The Kier molecular flexibility index (Phi) is 3.09. The SMILES string of the molecule is NCC[C@H]1Oc2cc(F)ccc2-c2[nH]c3c(F)cc(F)cc3c21. The Morgan fingerprint density at radius 1 is 1.09 bits per heavy atom. The topological polar surface area (TPSA) is 51.0 Å². The predicted octanol–water partition coefficient (Wildman–Crippen LogP) is 4.03. The highest BCUT2D eigenvalue weighted by Crippen LogP contribution is 2.46. The molecule has 23 heavy (non-hydrogen) atoms. The summed E-state index contributed by atoms with van der Waals surface area (Å²) in [6.07, 6.45) is -0.0344. The van der Waals surface area contributed by atoms with Crippen molar-refractivity contribution in [2.75, 3.05) is 6.54 Å². The van der Waals surface area contributed by atoms with Gasteiger partial charge in [0.1, 0.15) is 29.3 Å². The van der Waals surface area contributed by atoms with Gasteiger partial charge < -0.3 is 15.5 Å². The van der Waals surface area contributed by atoms with Crippen LogP contribution in [-0.4, -0.2) is 11.5 Å². The lowest BCUT2D eigenvalue weighted by Gasteiger charge is -2.26. The van der Waals surface area contributed by atoms with Crippen molar-refractivity contribution in [1.29, 1.82) is 0 Å². The molecule has 0 unspecified atom stereocenters. The van der Waals surface area contributed by atoms with E-state index in [0.717, 1.165) is 6.07 Å². The fraction of sp³-hybridized carbons (Fsp3) is 0.176. The normalized spacial score (nSPS) is 16.1. The van der Waals surface area contributed by atoms with Gasteiger partial charge in [-0.2, -0.15) is 0 Å². The van der Waals surface area contributed by atoms with Crippen molar-refractivity contribution in [3.8, 4) is 17.0 Å². The molecule has 3 nitrogen and oxygen atoms in total. The molecule has 0 amide bonds. The molecule has 0 fully saturated rings. The summed E-state index contributed by atoms with van der Waals surface area (Å²) >= 11 is 0. The first-order chi connectivity index (χ1) is 11.1. The Morgan fingerprint density at radius 3 is 2.70 bits per heavy atom. The Morgan fingerprint density at radius 2 is 1.91 bits per heavy atom. The first-order valence-corrected chi connectivity index (χ1v) is 7.25. The summed E-state index contributed by atoms with van der Waals surface area (Å²) in [4.78, 5) is 2.99. The maximum absolute atomic E-state index is 14.1. The van der Waals surface area contributed by atoms with E-state index in [0.29, 0.717) is 40.9 Å².